The summed E-state index contributed by atoms with van der Waals surface area (Å²) in [6, 6.07) is 24.9. The summed E-state index contributed by atoms with van der Waals surface area (Å²) >= 11 is 0. The number of aliphatic imine (C=N–C) groups is 2. The fraction of sp³-hybridized carbons (Fsp3) is 0.487. The monoisotopic (exact) mass is 1190 g/mol. The molecule has 88 heavy (non-hydrogen) atoms. The third kappa shape index (κ3) is 12.2. The lowest BCUT2D eigenvalue weighted by molar-refractivity contribution is 0.0587. The normalized spacial score (nSPS) is 17.6. The molecule has 2 atom stereocenters. The summed E-state index contributed by atoms with van der Waals surface area (Å²) in [6.45, 7) is 47.6. The molecule has 0 spiro atoms. The molecular weight excluding hydrogens is 1090 g/mol. The maximum Gasteiger partial charge on any atom is 0.341 e. The predicted octanol–water partition coefficient (Wildman–Crippen LogP) is 19.5. The third-order valence-corrected chi connectivity index (χ3v) is 18.8. The molecule has 2 heterocycles. The van der Waals surface area contributed by atoms with Crippen molar-refractivity contribution < 1.29 is 38.7 Å². The van der Waals surface area contributed by atoms with Gasteiger partial charge in [0, 0.05) is 78.9 Å². The van der Waals surface area contributed by atoms with E-state index < -0.39 is 33.6 Å². The van der Waals surface area contributed by atoms with Crippen LogP contribution in [0.25, 0.3) is 22.3 Å². The number of carbonyl (C=O) groups excluding carboxylic acids is 2. The molecule has 0 radical (unpaired) electrons. The van der Waals surface area contributed by atoms with Crippen molar-refractivity contribution in [3.05, 3.63) is 151 Å². The molecule has 9 rings (SSSR count). The first-order valence-corrected chi connectivity index (χ1v) is 31.6. The van der Waals surface area contributed by atoms with Gasteiger partial charge in [-0.3, -0.25) is 9.98 Å². The Balaban J connectivity index is 1.15. The SMILES string of the molecule is COC(=O)c1cc(C(C)(C)C)cc2c1Oc1c(-c3cc(C=N[C@@H]4CCCC[C@H]4N=Cc4cc(-c5cc(C(C)(C)C)cc6c5Oc5c(C(=O)OC)cc(C(C)(C)C)cc5C6(C)C)cc(C(C)(C)C)c4O)c(O)c(C(C)(C)C)c3)cc(C(C)(C)C)cc1C2(C)C. The molecule has 0 amide bonds. The van der Waals surface area contributed by atoms with E-state index in [0.717, 1.165) is 104 Å². The van der Waals surface area contributed by atoms with Crippen molar-refractivity contribution in [1.82, 2.24) is 0 Å². The Kier molecular flexibility index (Phi) is 16.6. The van der Waals surface area contributed by atoms with E-state index >= 15 is 0 Å². The van der Waals surface area contributed by atoms with E-state index in [0.29, 0.717) is 45.3 Å². The summed E-state index contributed by atoms with van der Waals surface area (Å²) in [5.41, 5.74) is 11.8. The van der Waals surface area contributed by atoms with Gasteiger partial charge in [0.05, 0.1) is 26.3 Å². The smallest absolute Gasteiger partial charge is 0.341 e. The van der Waals surface area contributed by atoms with Crippen LogP contribution in [0.3, 0.4) is 0 Å². The number of nitrogens with zero attached hydrogens (tertiary/aromatic N) is 2. The van der Waals surface area contributed by atoms with Crippen LogP contribution in [0.5, 0.6) is 34.5 Å². The number of ether oxygens (including phenoxy) is 4. The van der Waals surface area contributed by atoms with Crippen molar-refractivity contribution in [2.45, 2.75) is 233 Å². The topological polar surface area (TPSA) is 136 Å². The van der Waals surface area contributed by atoms with E-state index in [1.165, 1.54) is 14.2 Å². The standard InChI is InChI=1S/C78H98N2O8/c1-71(2,3)47-33-51(65-57(37-47)77(19,20)59-39-49(73(7,8)9)35-53(67(59)87-65)69(83)85-23)43-29-45(63(81)55(31-43)75(13,14)15)41-79-61-27-25-26-28-62(61)80-42-46-30-44(32-56(64(46)82)76(16,17)18)52-34-48(72(4,5)6)38-58-66(52)88-68-54(70(84)86-24)36-50(74(10,11)12)40-60(68)78(58,21)22/h29-42,61-62,81-82H,25-28H2,1-24H3/t61-,62-/m1/s1. The highest BCUT2D eigenvalue weighted by molar-refractivity contribution is 5.97. The molecular formula is C78H98N2O8. The minimum Gasteiger partial charge on any atom is -0.507 e. The Morgan fingerprint density at radius 1 is 0.443 bits per heavy atom. The zero-order valence-electron chi connectivity index (χ0n) is 57.3. The highest BCUT2D eigenvalue weighted by atomic mass is 16.5. The molecule has 1 saturated carbocycles. The number of phenolic OH excluding ortho intramolecular Hbond substituents is 2. The largest absolute Gasteiger partial charge is 0.507 e. The number of rotatable bonds is 8. The number of fused-ring (bicyclic) bond motifs is 4. The number of benzene rings is 6. The number of methoxy groups -OCH3 is 2. The van der Waals surface area contributed by atoms with Gasteiger partial charge < -0.3 is 29.2 Å². The molecule has 3 aliphatic rings. The van der Waals surface area contributed by atoms with Crippen molar-refractivity contribution in [1.29, 1.82) is 0 Å². The molecule has 0 unspecified atom stereocenters. The van der Waals surface area contributed by atoms with Gasteiger partial charge in [0.2, 0.25) is 0 Å². The fourth-order valence-electron chi connectivity index (χ4n) is 12.7. The highest BCUT2D eigenvalue weighted by Crippen LogP contribution is 2.58. The van der Waals surface area contributed by atoms with Gasteiger partial charge in [0.15, 0.2) is 0 Å². The third-order valence-electron chi connectivity index (χ3n) is 18.8. The van der Waals surface area contributed by atoms with Crippen molar-refractivity contribution in [3.63, 3.8) is 0 Å². The lowest BCUT2D eigenvalue weighted by Crippen LogP contribution is -2.28. The summed E-state index contributed by atoms with van der Waals surface area (Å²) in [5.74, 6) is 1.68. The summed E-state index contributed by atoms with van der Waals surface area (Å²) in [7, 11) is 2.82. The second-order valence-corrected chi connectivity index (χ2v) is 32.4. The maximum atomic E-state index is 13.7. The van der Waals surface area contributed by atoms with Gasteiger partial charge in [0.25, 0.3) is 0 Å². The maximum absolute atomic E-state index is 13.7. The quantitative estimate of drug-likeness (QED) is 0.114. The predicted molar refractivity (Wildman–Crippen MR) is 360 cm³/mol. The minimum absolute atomic E-state index is 0.159. The van der Waals surface area contributed by atoms with Gasteiger partial charge in [-0.05, 0) is 127 Å². The van der Waals surface area contributed by atoms with E-state index in [4.69, 9.17) is 28.9 Å². The summed E-state index contributed by atoms with van der Waals surface area (Å²) < 4.78 is 25.1. The number of hydrogen-bond donors (Lipinski definition) is 2. The van der Waals surface area contributed by atoms with Crippen LogP contribution < -0.4 is 9.47 Å². The molecule has 468 valence electrons. The molecule has 0 aromatic heterocycles. The van der Waals surface area contributed by atoms with Crippen LogP contribution in [0.15, 0.2) is 82.8 Å². The lowest BCUT2D eigenvalue weighted by atomic mass is 9.70. The van der Waals surface area contributed by atoms with Gasteiger partial charge in [-0.15, -0.1) is 0 Å². The molecule has 1 fully saturated rings. The molecule has 0 saturated heterocycles. The van der Waals surface area contributed by atoms with Crippen LogP contribution in [-0.2, 0) is 52.8 Å². The summed E-state index contributed by atoms with van der Waals surface area (Å²) in [5, 5.41) is 24.8. The number of carbonyl (C=O) groups is 2. The average molecular weight is 1190 g/mol. The average Bonchev–Trinajstić information content (AvgIpc) is 0.734. The first kappa shape index (κ1) is 65.3. The molecule has 2 aliphatic heterocycles. The first-order valence-electron chi connectivity index (χ1n) is 31.6. The number of esters is 2. The van der Waals surface area contributed by atoms with Gasteiger partial charge in [0.1, 0.15) is 45.6 Å². The summed E-state index contributed by atoms with van der Waals surface area (Å²) in [6.07, 6.45) is 7.17. The van der Waals surface area contributed by atoms with Gasteiger partial charge >= 0.3 is 11.9 Å². The Labute approximate surface area is 525 Å². The highest BCUT2D eigenvalue weighted by Gasteiger charge is 2.43. The molecule has 10 nitrogen and oxygen atoms in total. The van der Waals surface area contributed by atoms with Gasteiger partial charge in [-0.25, -0.2) is 9.59 Å². The van der Waals surface area contributed by atoms with Crippen LogP contribution in [0.4, 0.5) is 0 Å². The van der Waals surface area contributed by atoms with Crippen LogP contribution in [0, 0.1) is 0 Å². The van der Waals surface area contributed by atoms with E-state index in [9.17, 15) is 19.8 Å². The lowest BCUT2D eigenvalue weighted by Gasteiger charge is -2.39. The number of phenols is 2. The van der Waals surface area contributed by atoms with Crippen molar-refractivity contribution >= 4 is 24.4 Å². The second kappa shape index (κ2) is 22.4. The Morgan fingerprint density at radius 2 is 0.739 bits per heavy atom. The molecule has 6 aromatic rings. The summed E-state index contributed by atoms with van der Waals surface area (Å²) in [4.78, 5) is 38.2. The Hall–Kier alpha value is -7.20. The molecule has 0 bridgehead atoms. The van der Waals surface area contributed by atoms with E-state index in [2.05, 4.69) is 201 Å². The first-order chi connectivity index (χ1) is 40.5. The zero-order chi connectivity index (χ0) is 65.1. The van der Waals surface area contributed by atoms with Crippen LogP contribution in [0.2, 0.25) is 0 Å². The van der Waals surface area contributed by atoms with Crippen LogP contribution in [-0.4, -0.2) is 60.9 Å². The zero-order valence-corrected chi connectivity index (χ0v) is 57.3. The molecule has 2 N–H and O–H groups in total. The van der Waals surface area contributed by atoms with Crippen LogP contribution >= 0.6 is 0 Å². The second-order valence-electron chi connectivity index (χ2n) is 32.4. The molecule has 6 aromatic carbocycles. The van der Waals surface area contributed by atoms with Crippen LogP contribution in [0.1, 0.15) is 265 Å². The Morgan fingerprint density at radius 3 is 1.02 bits per heavy atom. The van der Waals surface area contributed by atoms with E-state index in [-0.39, 0.29) is 45.2 Å². The van der Waals surface area contributed by atoms with Crippen molar-refractivity contribution in [2.24, 2.45) is 9.98 Å². The van der Waals surface area contributed by atoms with Crippen molar-refractivity contribution in [3.8, 4) is 56.8 Å². The van der Waals surface area contributed by atoms with Gasteiger partial charge in [-0.2, -0.15) is 0 Å². The molecule has 1 aliphatic carbocycles. The fourth-order valence-corrected chi connectivity index (χ4v) is 12.7. The van der Waals surface area contributed by atoms with E-state index in [1.807, 2.05) is 36.7 Å². The Bertz CT molecular complexity index is 3600. The molecule has 10 heteroatoms. The minimum atomic E-state index is -0.594. The number of aromatic hydroxyl groups is 2. The van der Waals surface area contributed by atoms with E-state index in [1.54, 1.807) is 0 Å². The van der Waals surface area contributed by atoms with Gasteiger partial charge in [-0.1, -0.05) is 189 Å². The van der Waals surface area contributed by atoms with Crippen molar-refractivity contribution in [2.75, 3.05) is 14.2 Å². The number of hydrogen-bond acceptors (Lipinski definition) is 10.